The molecule has 1 saturated heterocycles. The summed E-state index contributed by atoms with van der Waals surface area (Å²) in [6.07, 6.45) is 4.99. The minimum atomic E-state index is 0.366. The van der Waals surface area contributed by atoms with Crippen molar-refractivity contribution in [2.45, 2.75) is 44.2 Å². The number of aryl methyl sites for hydroxylation is 1. The summed E-state index contributed by atoms with van der Waals surface area (Å²) in [4.78, 5) is 4.60. The van der Waals surface area contributed by atoms with E-state index in [9.17, 15) is 0 Å². The Morgan fingerprint density at radius 1 is 1.43 bits per heavy atom. The van der Waals surface area contributed by atoms with Gasteiger partial charge in [-0.25, -0.2) is 4.98 Å². The molecule has 0 amide bonds. The Balaban J connectivity index is 1.84. The van der Waals surface area contributed by atoms with Gasteiger partial charge in [-0.3, -0.25) is 0 Å². The van der Waals surface area contributed by atoms with E-state index in [1.54, 1.807) is 7.11 Å². The van der Waals surface area contributed by atoms with Gasteiger partial charge in [-0.2, -0.15) is 0 Å². The molecule has 0 N–H and O–H groups in total. The molecule has 1 aromatic heterocycles. The number of benzene rings is 1. The first-order chi connectivity index (χ1) is 10.3. The molecule has 5 heteroatoms. The zero-order valence-corrected chi connectivity index (χ0v) is 13.1. The van der Waals surface area contributed by atoms with Crippen molar-refractivity contribution in [2.24, 2.45) is 0 Å². The first kappa shape index (κ1) is 14.7. The molecule has 21 heavy (non-hydrogen) atoms. The Kier molecular flexibility index (Phi) is 4.66. The SMILES string of the molecule is COc1ccc2nc(CCl)n(CCC3CCCCO3)c2c1. The second-order valence-electron chi connectivity index (χ2n) is 5.45. The quantitative estimate of drug-likeness (QED) is 0.789. The number of hydrogen-bond donors (Lipinski definition) is 0. The van der Waals surface area contributed by atoms with Crippen molar-refractivity contribution in [2.75, 3.05) is 13.7 Å². The molecular formula is C16H21ClN2O2. The van der Waals surface area contributed by atoms with Gasteiger partial charge in [-0.15, -0.1) is 11.6 Å². The van der Waals surface area contributed by atoms with Gasteiger partial charge in [-0.1, -0.05) is 0 Å². The normalized spacial score (nSPS) is 19.0. The number of alkyl halides is 1. The molecular weight excluding hydrogens is 288 g/mol. The molecule has 0 bridgehead atoms. The van der Waals surface area contributed by atoms with Crippen molar-refractivity contribution in [3.63, 3.8) is 0 Å². The lowest BCUT2D eigenvalue weighted by molar-refractivity contribution is 0.00889. The van der Waals surface area contributed by atoms with Crippen LogP contribution in [0.2, 0.25) is 0 Å². The van der Waals surface area contributed by atoms with E-state index in [1.165, 1.54) is 12.8 Å². The Morgan fingerprint density at radius 3 is 3.05 bits per heavy atom. The predicted octanol–water partition coefficient (Wildman–Crippen LogP) is 3.74. The minimum absolute atomic E-state index is 0.366. The fourth-order valence-corrected chi connectivity index (χ4v) is 3.14. The summed E-state index contributed by atoms with van der Waals surface area (Å²) >= 11 is 6.05. The average Bonchev–Trinajstić information content (AvgIpc) is 2.90. The largest absolute Gasteiger partial charge is 0.497 e. The molecule has 3 rings (SSSR count). The summed E-state index contributed by atoms with van der Waals surface area (Å²) in [5, 5.41) is 0. The monoisotopic (exact) mass is 308 g/mol. The number of halogens is 1. The van der Waals surface area contributed by atoms with E-state index in [-0.39, 0.29) is 0 Å². The van der Waals surface area contributed by atoms with Crippen molar-refractivity contribution in [1.29, 1.82) is 0 Å². The fourth-order valence-electron chi connectivity index (χ4n) is 2.94. The van der Waals surface area contributed by atoms with Crippen LogP contribution < -0.4 is 4.74 Å². The molecule has 0 saturated carbocycles. The Morgan fingerprint density at radius 2 is 2.33 bits per heavy atom. The van der Waals surface area contributed by atoms with Gasteiger partial charge in [0.05, 0.1) is 30.1 Å². The number of rotatable bonds is 5. The van der Waals surface area contributed by atoms with Crippen LogP contribution in [0.1, 0.15) is 31.5 Å². The number of aromatic nitrogens is 2. The maximum atomic E-state index is 6.05. The molecule has 1 fully saturated rings. The van der Waals surface area contributed by atoms with Gasteiger partial charge in [0, 0.05) is 19.2 Å². The molecule has 1 atom stereocenters. The van der Waals surface area contributed by atoms with E-state index in [1.807, 2.05) is 18.2 Å². The van der Waals surface area contributed by atoms with Gasteiger partial charge in [0.1, 0.15) is 11.6 Å². The second-order valence-corrected chi connectivity index (χ2v) is 5.71. The third kappa shape index (κ3) is 3.16. The van der Waals surface area contributed by atoms with Crippen molar-refractivity contribution < 1.29 is 9.47 Å². The Hall–Kier alpha value is -1.26. The topological polar surface area (TPSA) is 36.3 Å². The summed E-state index contributed by atoms with van der Waals surface area (Å²) in [5.41, 5.74) is 2.05. The minimum Gasteiger partial charge on any atom is -0.497 e. The van der Waals surface area contributed by atoms with E-state index >= 15 is 0 Å². The summed E-state index contributed by atoms with van der Waals surface area (Å²) in [6, 6.07) is 5.94. The first-order valence-corrected chi connectivity index (χ1v) is 8.06. The van der Waals surface area contributed by atoms with Gasteiger partial charge in [0.15, 0.2) is 0 Å². The third-order valence-corrected chi connectivity index (χ3v) is 4.34. The highest BCUT2D eigenvalue weighted by Crippen LogP contribution is 2.24. The summed E-state index contributed by atoms with van der Waals surface area (Å²) in [5.74, 6) is 2.18. The standard InChI is InChI=1S/C16H21ClN2O2/c1-20-13-5-6-14-15(10-13)19(16(11-17)18-14)8-7-12-4-2-3-9-21-12/h5-6,10,12H,2-4,7-9,11H2,1H3. The molecule has 1 unspecified atom stereocenters. The van der Waals surface area contributed by atoms with Crippen molar-refractivity contribution >= 4 is 22.6 Å². The van der Waals surface area contributed by atoms with E-state index in [4.69, 9.17) is 21.1 Å². The van der Waals surface area contributed by atoms with Crippen LogP contribution in [-0.4, -0.2) is 29.4 Å². The van der Waals surface area contributed by atoms with E-state index in [0.717, 1.165) is 48.6 Å². The average molecular weight is 309 g/mol. The number of nitrogens with zero attached hydrogens (tertiary/aromatic N) is 2. The number of ether oxygens (including phenoxy) is 2. The molecule has 1 aliphatic rings. The van der Waals surface area contributed by atoms with Crippen molar-refractivity contribution in [3.8, 4) is 5.75 Å². The molecule has 0 spiro atoms. The van der Waals surface area contributed by atoms with Gasteiger partial charge >= 0.3 is 0 Å². The zero-order chi connectivity index (χ0) is 14.7. The molecule has 2 aromatic rings. The van der Waals surface area contributed by atoms with Crippen molar-refractivity contribution in [1.82, 2.24) is 9.55 Å². The van der Waals surface area contributed by atoms with Gasteiger partial charge in [0.25, 0.3) is 0 Å². The Labute approximate surface area is 130 Å². The second kappa shape index (κ2) is 6.67. The maximum absolute atomic E-state index is 6.05. The van der Waals surface area contributed by atoms with Crippen LogP contribution in [0.5, 0.6) is 5.75 Å². The third-order valence-electron chi connectivity index (χ3n) is 4.10. The molecule has 0 radical (unpaired) electrons. The zero-order valence-electron chi connectivity index (χ0n) is 12.3. The van der Waals surface area contributed by atoms with Crippen LogP contribution >= 0.6 is 11.6 Å². The highest BCUT2D eigenvalue weighted by Gasteiger charge is 2.16. The van der Waals surface area contributed by atoms with E-state index in [2.05, 4.69) is 9.55 Å². The van der Waals surface area contributed by atoms with Crippen LogP contribution in [0.4, 0.5) is 0 Å². The molecule has 1 aromatic carbocycles. The lowest BCUT2D eigenvalue weighted by Gasteiger charge is -2.23. The van der Waals surface area contributed by atoms with Gasteiger partial charge in [-0.05, 0) is 37.8 Å². The summed E-state index contributed by atoms with van der Waals surface area (Å²) in [7, 11) is 1.68. The fraction of sp³-hybridized carbons (Fsp3) is 0.562. The number of hydrogen-bond acceptors (Lipinski definition) is 3. The number of fused-ring (bicyclic) bond motifs is 1. The first-order valence-electron chi connectivity index (χ1n) is 7.52. The van der Waals surface area contributed by atoms with Crippen LogP contribution in [0, 0.1) is 0 Å². The lowest BCUT2D eigenvalue weighted by atomic mass is 10.1. The molecule has 0 aliphatic carbocycles. The summed E-state index contributed by atoms with van der Waals surface area (Å²) in [6.45, 7) is 1.78. The van der Waals surface area contributed by atoms with Crippen molar-refractivity contribution in [3.05, 3.63) is 24.0 Å². The molecule has 4 nitrogen and oxygen atoms in total. The van der Waals surface area contributed by atoms with Gasteiger partial charge in [0.2, 0.25) is 0 Å². The van der Waals surface area contributed by atoms with Crippen LogP contribution in [0.3, 0.4) is 0 Å². The Bertz CT molecular complexity index is 606. The molecule has 1 aliphatic heterocycles. The lowest BCUT2D eigenvalue weighted by Crippen LogP contribution is -2.21. The number of methoxy groups -OCH3 is 1. The number of imidazole rings is 1. The van der Waals surface area contributed by atoms with Gasteiger partial charge < -0.3 is 14.0 Å². The van der Waals surface area contributed by atoms with Crippen LogP contribution in [-0.2, 0) is 17.2 Å². The maximum Gasteiger partial charge on any atom is 0.124 e. The summed E-state index contributed by atoms with van der Waals surface area (Å²) < 4.78 is 13.3. The van der Waals surface area contributed by atoms with Crippen LogP contribution in [0.25, 0.3) is 11.0 Å². The highest BCUT2D eigenvalue weighted by molar-refractivity contribution is 6.16. The van der Waals surface area contributed by atoms with E-state index in [0.29, 0.717) is 12.0 Å². The predicted molar refractivity (Wildman–Crippen MR) is 84.1 cm³/mol. The highest BCUT2D eigenvalue weighted by atomic mass is 35.5. The smallest absolute Gasteiger partial charge is 0.124 e. The van der Waals surface area contributed by atoms with E-state index < -0.39 is 0 Å². The van der Waals surface area contributed by atoms with Crippen LogP contribution in [0.15, 0.2) is 18.2 Å². The molecule has 2 heterocycles. The molecule has 114 valence electrons.